The van der Waals surface area contributed by atoms with Crippen LogP contribution in [-0.2, 0) is 10.0 Å². The van der Waals surface area contributed by atoms with Gasteiger partial charge in [-0.2, -0.15) is 0 Å². The molecule has 2 heterocycles. The van der Waals surface area contributed by atoms with Crippen molar-refractivity contribution in [3.05, 3.63) is 41.5 Å². The molecule has 0 saturated carbocycles. The highest BCUT2D eigenvalue weighted by Gasteiger charge is 2.26. The highest BCUT2D eigenvalue weighted by atomic mass is 32.2. The summed E-state index contributed by atoms with van der Waals surface area (Å²) < 4.78 is 32.0. The summed E-state index contributed by atoms with van der Waals surface area (Å²) in [6.45, 7) is 4.90. The van der Waals surface area contributed by atoms with Crippen molar-refractivity contribution in [1.82, 2.24) is 14.9 Å². The predicted molar refractivity (Wildman–Crippen MR) is 69.0 cm³/mol. The Hall–Kier alpha value is -1.73. The van der Waals surface area contributed by atoms with Gasteiger partial charge in [0.05, 0.1) is 11.7 Å². The van der Waals surface area contributed by atoms with Gasteiger partial charge in [0.2, 0.25) is 10.0 Å². The molecule has 2 rings (SSSR count). The summed E-state index contributed by atoms with van der Waals surface area (Å²) in [4.78, 5) is 4.22. The monoisotopic (exact) mass is 281 g/mol. The van der Waals surface area contributed by atoms with Crippen molar-refractivity contribution in [2.75, 3.05) is 0 Å². The van der Waals surface area contributed by atoms with Crippen LogP contribution in [0.5, 0.6) is 0 Å². The van der Waals surface area contributed by atoms with E-state index in [1.165, 1.54) is 0 Å². The maximum Gasteiger partial charge on any atom is 0.246 e. The van der Waals surface area contributed by atoms with E-state index in [4.69, 9.17) is 4.52 Å². The molecule has 7 heteroatoms. The second kappa shape index (κ2) is 5.10. The molecule has 2 aromatic heterocycles. The van der Waals surface area contributed by atoms with Gasteiger partial charge in [-0.25, -0.2) is 13.1 Å². The summed E-state index contributed by atoms with van der Waals surface area (Å²) in [6.07, 6.45) is 1.62. The van der Waals surface area contributed by atoms with Crippen molar-refractivity contribution < 1.29 is 12.9 Å². The van der Waals surface area contributed by atoms with E-state index in [1.807, 2.05) is 6.07 Å². The van der Waals surface area contributed by atoms with Crippen LogP contribution in [0.4, 0.5) is 0 Å². The quantitative estimate of drug-likeness (QED) is 0.922. The first-order chi connectivity index (χ1) is 8.92. The predicted octanol–water partition coefficient (Wildman–Crippen LogP) is 1.73. The maximum absolute atomic E-state index is 12.3. The van der Waals surface area contributed by atoms with Gasteiger partial charge in [-0.15, -0.1) is 0 Å². The number of nitrogens with zero attached hydrogens (tertiary/aromatic N) is 2. The third-order valence-electron chi connectivity index (χ3n) is 2.70. The normalized spacial score (nSPS) is 13.4. The molecule has 0 aliphatic heterocycles. The molecule has 0 aromatic carbocycles. The Kier molecular flexibility index (Phi) is 3.68. The molecule has 2 aromatic rings. The second-order valence-electron chi connectivity index (χ2n) is 4.25. The summed E-state index contributed by atoms with van der Waals surface area (Å²) in [5.41, 5.74) is 0.996. The van der Waals surface area contributed by atoms with Crippen molar-refractivity contribution in [1.29, 1.82) is 0 Å². The third-order valence-corrected chi connectivity index (χ3v) is 4.48. The van der Waals surface area contributed by atoms with E-state index < -0.39 is 16.1 Å². The van der Waals surface area contributed by atoms with E-state index in [0.29, 0.717) is 11.4 Å². The Morgan fingerprint density at radius 3 is 2.58 bits per heavy atom. The van der Waals surface area contributed by atoms with Crippen molar-refractivity contribution in [3.63, 3.8) is 0 Å². The van der Waals surface area contributed by atoms with E-state index in [0.717, 1.165) is 0 Å². The molecule has 1 atom stereocenters. The van der Waals surface area contributed by atoms with Crippen LogP contribution in [0.3, 0.4) is 0 Å². The summed E-state index contributed by atoms with van der Waals surface area (Å²) in [5.74, 6) is 0.276. The van der Waals surface area contributed by atoms with E-state index in [9.17, 15) is 8.42 Å². The Morgan fingerprint density at radius 1 is 1.32 bits per heavy atom. The van der Waals surface area contributed by atoms with Gasteiger partial charge in [-0.3, -0.25) is 4.98 Å². The number of nitrogens with one attached hydrogen (secondary N) is 1. The van der Waals surface area contributed by atoms with Crippen LogP contribution in [0.2, 0.25) is 0 Å². The molecule has 19 heavy (non-hydrogen) atoms. The number of hydrogen-bond acceptors (Lipinski definition) is 5. The SMILES string of the molecule is Cc1noc(C)c1S(=O)(=O)N[C@@H](C)c1ccccn1. The van der Waals surface area contributed by atoms with Crippen LogP contribution in [0, 0.1) is 13.8 Å². The first kappa shape index (κ1) is 13.7. The fourth-order valence-corrected chi connectivity index (χ4v) is 3.39. The Balaban J connectivity index is 2.28. The lowest BCUT2D eigenvalue weighted by atomic mass is 10.2. The number of aryl methyl sites for hydroxylation is 2. The van der Waals surface area contributed by atoms with Gasteiger partial charge < -0.3 is 4.52 Å². The minimum Gasteiger partial charge on any atom is -0.360 e. The molecule has 0 bridgehead atoms. The summed E-state index contributed by atoms with van der Waals surface area (Å²) in [7, 11) is -3.67. The van der Waals surface area contributed by atoms with Gasteiger partial charge in [0, 0.05) is 6.20 Å². The Labute approximate surface area is 111 Å². The molecule has 0 spiro atoms. The number of rotatable bonds is 4. The molecular weight excluding hydrogens is 266 g/mol. The van der Waals surface area contributed by atoms with Gasteiger partial charge >= 0.3 is 0 Å². The minimum absolute atomic E-state index is 0.0929. The molecule has 0 amide bonds. The molecule has 0 aliphatic carbocycles. The summed E-state index contributed by atoms with van der Waals surface area (Å²) in [5, 5.41) is 3.65. The standard InChI is InChI=1S/C12H15N3O3S/c1-8(11-6-4-5-7-13-11)15-19(16,17)12-9(2)14-18-10(12)3/h4-8,15H,1-3H3/t8-/m0/s1. The van der Waals surface area contributed by atoms with Gasteiger partial charge in [-0.05, 0) is 32.9 Å². The molecule has 0 saturated heterocycles. The van der Waals surface area contributed by atoms with Gasteiger partial charge in [-0.1, -0.05) is 11.2 Å². The second-order valence-corrected chi connectivity index (χ2v) is 5.90. The Morgan fingerprint density at radius 2 is 2.05 bits per heavy atom. The van der Waals surface area contributed by atoms with E-state index in [1.54, 1.807) is 39.1 Å². The summed E-state index contributed by atoms with van der Waals surface area (Å²) in [6, 6.07) is 4.92. The smallest absolute Gasteiger partial charge is 0.246 e. The van der Waals surface area contributed by atoms with Crippen molar-refractivity contribution in [3.8, 4) is 0 Å². The van der Waals surface area contributed by atoms with Gasteiger partial charge in [0.25, 0.3) is 0 Å². The van der Waals surface area contributed by atoms with Crippen molar-refractivity contribution >= 4 is 10.0 Å². The Bertz CT molecular complexity index is 645. The first-order valence-electron chi connectivity index (χ1n) is 5.78. The lowest BCUT2D eigenvalue weighted by Crippen LogP contribution is -2.28. The van der Waals surface area contributed by atoms with E-state index in [2.05, 4.69) is 14.9 Å². The summed E-state index contributed by atoms with van der Waals surface area (Å²) >= 11 is 0. The van der Waals surface area contributed by atoms with Crippen LogP contribution < -0.4 is 4.72 Å². The molecule has 0 unspecified atom stereocenters. The zero-order valence-electron chi connectivity index (χ0n) is 10.9. The van der Waals surface area contributed by atoms with Crippen LogP contribution in [0.25, 0.3) is 0 Å². The van der Waals surface area contributed by atoms with E-state index >= 15 is 0 Å². The third kappa shape index (κ3) is 2.82. The molecular formula is C12H15N3O3S. The van der Waals surface area contributed by atoms with Gasteiger partial charge in [0.1, 0.15) is 10.6 Å². The average Bonchev–Trinajstić information content (AvgIpc) is 2.70. The molecule has 0 fully saturated rings. The van der Waals surface area contributed by atoms with Crippen LogP contribution in [0.15, 0.2) is 33.8 Å². The first-order valence-corrected chi connectivity index (χ1v) is 7.26. The van der Waals surface area contributed by atoms with Gasteiger partial charge in [0.15, 0.2) is 5.76 Å². The lowest BCUT2D eigenvalue weighted by molar-refractivity contribution is 0.390. The highest BCUT2D eigenvalue weighted by molar-refractivity contribution is 7.89. The molecule has 1 N–H and O–H groups in total. The van der Waals surface area contributed by atoms with Crippen molar-refractivity contribution in [2.24, 2.45) is 0 Å². The number of sulfonamides is 1. The topological polar surface area (TPSA) is 85.1 Å². The zero-order chi connectivity index (χ0) is 14.0. The number of aromatic nitrogens is 2. The average molecular weight is 281 g/mol. The van der Waals surface area contributed by atoms with Crippen LogP contribution in [0.1, 0.15) is 30.1 Å². The zero-order valence-corrected chi connectivity index (χ0v) is 11.7. The van der Waals surface area contributed by atoms with Crippen molar-refractivity contribution in [2.45, 2.75) is 31.7 Å². The molecule has 102 valence electrons. The van der Waals surface area contributed by atoms with E-state index in [-0.39, 0.29) is 10.7 Å². The maximum atomic E-state index is 12.3. The molecule has 0 radical (unpaired) electrons. The molecule has 6 nitrogen and oxygen atoms in total. The fourth-order valence-electron chi connectivity index (χ4n) is 1.84. The van der Waals surface area contributed by atoms with Crippen LogP contribution >= 0.6 is 0 Å². The minimum atomic E-state index is -3.67. The number of pyridine rings is 1. The highest BCUT2D eigenvalue weighted by Crippen LogP contribution is 2.21. The number of hydrogen-bond donors (Lipinski definition) is 1. The fraction of sp³-hybridized carbons (Fsp3) is 0.333. The van der Waals surface area contributed by atoms with Crippen LogP contribution in [-0.4, -0.2) is 18.6 Å². The largest absolute Gasteiger partial charge is 0.360 e. The lowest BCUT2D eigenvalue weighted by Gasteiger charge is -2.13. The molecule has 0 aliphatic rings.